The Hall–Kier alpha value is -5.11. The zero-order chi connectivity index (χ0) is 42.3. The third-order valence-corrected chi connectivity index (χ3v) is 12.2. The molecule has 2 aliphatic rings. The monoisotopic (exact) mass is 798 g/mol. The van der Waals surface area contributed by atoms with Crippen LogP contribution in [-0.4, -0.2) is 45.9 Å². The Morgan fingerprint density at radius 1 is 0.763 bits per heavy atom. The molecule has 0 bridgehead atoms. The number of rotatable bonds is 11. The minimum absolute atomic E-state index is 0.00704. The van der Waals surface area contributed by atoms with Gasteiger partial charge in [-0.25, -0.2) is 14.6 Å². The number of nitrogens with zero attached hydrogens (tertiary/aromatic N) is 2. The number of carbonyl (C=O) groups excluding carboxylic acids is 2. The lowest BCUT2D eigenvalue weighted by molar-refractivity contribution is -0.158. The second-order valence-corrected chi connectivity index (χ2v) is 19.6. The fraction of sp³-hybridized carbons (Fsp3) is 0.471. The van der Waals surface area contributed by atoms with E-state index >= 15 is 0 Å². The maximum absolute atomic E-state index is 12.6. The molecule has 59 heavy (non-hydrogen) atoms. The van der Waals surface area contributed by atoms with E-state index in [0.29, 0.717) is 23.3 Å². The number of imidazole rings is 1. The minimum atomic E-state index is -0.594. The maximum Gasteiger partial charge on any atom is 0.344 e. The summed E-state index contributed by atoms with van der Waals surface area (Å²) in [5.41, 5.74) is 8.23. The number of esters is 2. The smallest absolute Gasteiger partial charge is 0.344 e. The zero-order valence-electron chi connectivity index (χ0n) is 36.7. The van der Waals surface area contributed by atoms with Gasteiger partial charge in [0.2, 0.25) is 0 Å². The number of carbonyl (C=O) groups is 2. The molecule has 1 saturated carbocycles. The first kappa shape index (κ1) is 42.0. The number of hydrogen-bond donors (Lipinski definition) is 0. The lowest BCUT2D eigenvalue weighted by Crippen LogP contribution is -2.50. The summed E-state index contributed by atoms with van der Waals surface area (Å²) in [5.74, 6) is 2.22. The molecule has 0 saturated heterocycles. The van der Waals surface area contributed by atoms with Crippen LogP contribution in [0.4, 0.5) is 0 Å². The molecule has 3 atom stereocenters. The molecular formula is C51H62N2O6. The average Bonchev–Trinajstić information content (AvgIpc) is 3.51. The van der Waals surface area contributed by atoms with Crippen molar-refractivity contribution >= 4 is 23.0 Å². The third kappa shape index (κ3) is 9.37. The fourth-order valence-corrected chi connectivity index (χ4v) is 9.76. The minimum Gasteiger partial charge on any atom is -0.482 e. The number of ether oxygens (including phenoxy) is 4. The first-order valence-electron chi connectivity index (χ1n) is 21.3. The molecule has 8 nitrogen and oxygen atoms in total. The number of fused-ring (bicyclic) bond motifs is 4. The molecule has 1 aromatic heterocycles. The summed E-state index contributed by atoms with van der Waals surface area (Å²) in [6, 6.07) is 29.4. The van der Waals surface area contributed by atoms with Gasteiger partial charge in [-0.15, -0.1) is 0 Å². The van der Waals surface area contributed by atoms with Crippen molar-refractivity contribution in [3.8, 4) is 34.0 Å². The van der Waals surface area contributed by atoms with Crippen molar-refractivity contribution in [1.82, 2.24) is 9.55 Å². The molecule has 0 spiro atoms. The highest BCUT2D eigenvalue weighted by Gasteiger charge is 2.52. The molecule has 0 unspecified atom stereocenters. The van der Waals surface area contributed by atoms with Crippen LogP contribution in [0.15, 0.2) is 84.9 Å². The molecule has 4 aromatic carbocycles. The van der Waals surface area contributed by atoms with Crippen molar-refractivity contribution in [3.63, 3.8) is 0 Å². The summed E-state index contributed by atoms with van der Waals surface area (Å²) >= 11 is 0. The first-order valence-corrected chi connectivity index (χ1v) is 21.3. The Bertz CT molecular complexity index is 2340. The van der Waals surface area contributed by atoms with E-state index in [1.54, 1.807) is 0 Å². The van der Waals surface area contributed by atoms with Gasteiger partial charge in [-0.3, -0.25) is 0 Å². The predicted molar refractivity (Wildman–Crippen MR) is 235 cm³/mol. The van der Waals surface area contributed by atoms with E-state index in [1.807, 2.05) is 84.0 Å². The van der Waals surface area contributed by atoms with Crippen LogP contribution in [0.3, 0.4) is 0 Å². The van der Waals surface area contributed by atoms with Gasteiger partial charge in [-0.1, -0.05) is 82.6 Å². The van der Waals surface area contributed by atoms with Crippen molar-refractivity contribution in [2.75, 3.05) is 13.2 Å². The van der Waals surface area contributed by atoms with Crippen molar-refractivity contribution in [1.29, 1.82) is 0 Å². The molecule has 1 heterocycles. The van der Waals surface area contributed by atoms with Crippen LogP contribution < -0.4 is 9.47 Å². The van der Waals surface area contributed by atoms with E-state index in [2.05, 4.69) is 74.7 Å². The third-order valence-electron chi connectivity index (χ3n) is 12.2. The molecule has 0 N–H and O–H groups in total. The number of benzene rings is 4. The van der Waals surface area contributed by atoms with E-state index in [4.69, 9.17) is 23.9 Å². The highest BCUT2D eigenvalue weighted by Crippen LogP contribution is 2.58. The second-order valence-electron chi connectivity index (χ2n) is 19.6. The van der Waals surface area contributed by atoms with E-state index in [0.717, 1.165) is 59.4 Å². The van der Waals surface area contributed by atoms with Gasteiger partial charge in [0.25, 0.3) is 0 Å². The van der Waals surface area contributed by atoms with Gasteiger partial charge in [-0.2, -0.15) is 0 Å². The van der Waals surface area contributed by atoms with Gasteiger partial charge in [-0.05, 0) is 154 Å². The Morgan fingerprint density at radius 2 is 1.37 bits per heavy atom. The van der Waals surface area contributed by atoms with Gasteiger partial charge in [0, 0.05) is 12.1 Å². The van der Waals surface area contributed by atoms with Crippen molar-refractivity contribution in [2.24, 2.45) is 11.3 Å². The van der Waals surface area contributed by atoms with Gasteiger partial charge < -0.3 is 23.5 Å². The fourth-order valence-electron chi connectivity index (χ4n) is 9.76. The molecule has 0 amide bonds. The van der Waals surface area contributed by atoms with Gasteiger partial charge in [0.05, 0.1) is 11.0 Å². The van der Waals surface area contributed by atoms with Crippen LogP contribution in [0, 0.1) is 11.3 Å². The van der Waals surface area contributed by atoms with Gasteiger partial charge >= 0.3 is 11.9 Å². The Kier molecular flexibility index (Phi) is 11.5. The van der Waals surface area contributed by atoms with Gasteiger partial charge in [0.1, 0.15) is 28.5 Å². The molecule has 1 fully saturated rings. The predicted octanol–water partition coefficient (Wildman–Crippen LogP) is 11.6. The topological polar surface area (TPSA) is 88.9 Å². The molecule has 2 aliphatic carbocycles. The van der Waals surface area contributed by atoms with E-state index in [1.165, 1.54) is 29.5 Å². The molecule has 7 rings (SSSR count). The van der Waals surface area contributed by atoms with Crippen LogP contribution >= 0.6 is 0 Å². The quantitative estimate of drug-likeness (QED) is 0.123. The van der Waals surface area contributed by atoms with Crippen LogP contribution in [-0.2, 0) is 37.4 Å². The highest BCUT2D eigenvalue weighted by atomic mass is 16.6. The van der Waals surface area contributed by atoms with Crippen LogP contribution in [0.25, 0.3) is 33.5 Å². The summed E-state index contributed by atoms with van der Waals surface area (Å²) in [6.07, 6.45) is 5.76. The van der Waals surface area contributed by atoms with E-state index in [-0.39, 0.29) is 24.0 Å². The second kappa shape index (κ2) is 16.2. The Morgan fingerprint density at radius 3 is 2.00 bits per heavy atom. The maximum atomic E-state index is 12.6. The summed E-state index contributed by atoms with van der Waals surface area (Å²) < 4.78 is 25.2. The zero-order valence-corrected chi connectivity index (χ0v) is 36.7. The first-order chi connectivity index (χ1) is 27.8. The van der Waals surface area contributed by atoms with E-state index in [9.17, 15) is 9.59 Å². The lowest BCUT2D eigenvalue weighted by Gasteiger charge is -2.56. The number of hydrogen-bond acceptors (Lipinski definition) is 7. The molecule has 8 heteroatoms. The molecule has 312 valence electrons. The standard InChI is InChI=1S/C51H62N2O6/c1-33(2)34-18-21-41-37(26-34)20-23-44-50(9,24-13-25-51(41,44)10)32-53-43-22-19-36(35-14-11-16-39(27-35)56-30-45(54)58-48(3,4)5)29-42(43)52-47(53)38-15-12-17-40(28-38)57-31-46(55)59-49(6,7)8/h11-12,14-19,21-22,26-29,33,44H,13,20,23-25,30-32H2,1-10H3/t44-,50+,51+/m0/s1. The lowest BCUT2D eigenvalue weighted by atomic mass is 9.49. The van der Waals surface area contributed by atoms with Crippen LogP contribution in [0.1, 0.15) is 118 Å². The summed E-state index contributed by atoms with van der Waals surface area (Å²) in [7, 11) is 0. The van der Waals surface area contributed by atoms with Crippen molar-refractivity contribution < 1.29 is 28.5 Å². The normalized spacial score (nSPS) is 20.5. The van der Waals surface area contributed by atoms with Crippen LogP contribution in [0.5, 0.6) is 11.5 Å². The van der Waals surface area contributed by atoms with Crippen LogP contribution in [0.2, 0.25) is 0 Å². The van der Waals surface area contributed by atoms with Gasteiger partial charge in [0.15, 0.2) is 13.2 Å². The summed E-state index contributed by atoms with van der Waals surface area (Å²) in [6.45, 7) is 21.1. The molecule has 0 radical (unpaired) electrons. The summed E-state index contributed by atoms with van der Waals surface area (Å²) in [5, 5.41) is 0. The number of aromatic nitrogens is 2. The molecule has 0 aliphatic heterocycles. The Balaban J connectivity index is 1.25. The average molecular weight is 799 g/mol. The van der Waals surface area contributed by atoms with Crippen molar-refractivity contribution in [2.45, 2.75) is 130 Å². The largest absolute Gasteiger partial charge is 0.482 e. The Labute approximate surface area is 350 Å². The summed E-state index contributed by atoms with van der Waals surface area (Å²) in [4.78, 5) is 30.3. The number of aryl methyl sites for hydroxylation is 1. The molecular weight excluding hydrogens is 737 g/mol. The highest BCUT2D eigenvalue weighted by molar-refractivity contribution is 5.86. The van der Waals surface area contributed by atoms with Crippen molar-refractivity contribution in [3.05, 3.63) is 102 Å². The SMILES string of the molecule is CC(C)c1ccc2c(c1)CC[C@H]1[C@@](C)(Cn3c(-c4cccc(OCC(=O)OC(C)(C)C)c4)nc4cc(-c5cccc(OCC(=O)OC(C)(C)C)c5)ccc43)CCC[C@]21C. The molecule has 5 aromatic rings. The van der Waals surface area contributed by atoms with E-state index < -0.39 is 23.1 Å².